The third-order valence-electron chi connectivity index (χ3n) is 3.33. The maximum Gasteiger partial charge on any atom is 0.251 e. The molecule has 3 rings (SSSR count). The summed E-state index contributed by atoms with van der Waals surface area (Å²) in [6.07, 6.45) is 0. The number of benzene rings is 2. The second-order valence-corrected chi connectivity index (χ2v) is 4.78. The molecule has 0 spiro atoms. The van der Waals surface area contributed by atoms with Crippen molar-refractivity contribution in [1.29, 1.82) is 0 Å². The molecule has 0 saturated heterocycles. The van der Waals surface area contributed by atoms with Crippen molar-refractivity contribution in [2.45, 2.75) is 6.54 Å². The highest BCUT2D eigenvalue weighted by Gasteiger charge is 2.11. The van der Waals surface area contributed by atoms with E-state index in [2.05, 4.69) is 16.0 Å². The van der Waals surface area contributed by atoms with Gasteiger partial charge in [-0.25, -0.2) is 0 Å². The van der Waals surface area contributed by atoms with Gasteiger partial charge in [0.1, 0.15) is 0 Å². The molecule has 0 fully saturated rings. The number of fused-ring (bicyclic) bond motifs is 1. The van der Waals surface area contributed by atoms with Gasteiger partial charge in [-0.2, -0.15) is 0 Å². The zero-order chi connectivity index (χ0) is 13.8. The molecular weight excluding hydrogens is 250 g/mol. The average Bonchev–Trinajstić information content (AvgIpc) is 2.53. The van der Waals surface area contributed by atoms with Gasteiger partial charge in [0.05, 0.1) is 11.4 Å². The van der Waals surface area contributed by atoms with Crippen LogP contribution in [0.25, 0.3) is 0 Å². The molecule has 1 heterocycles. The van der Waals surface area contributed by atoms with Crippen molar-refractivity contribution >= 4 is 17.3 Å². The number of carbonyl (C=O) groups is 1. The molecule has 0 aliphatic carbocycles. The van der Waals surface area contributed by atoms with Crippen molar-refractivity contribution in [2.75, 3.05) is 23.7 Å². The largest absolute Gasteiger partial charge is 0.382 e. The van der Waals surface area contributed by atoms with E-state index in [1.54, 1.807) is 0 Å². The molecule has 0 atom stereocenters. The monoisotopic (exact) mass is 267 g/mol. The average molecular weight is 267 g/mol. The first-order chi connectivity index (χ1) is 9.83. The molecule has 1 amide bonds. The van der Waals surface area contributed by atoms with Crippen LogP contribution < -0.4 is 16.0 Å². The Bertz CT molecular complexity index is 610. The van der Waals surface area contributed by atoms with Gasteiger partial charge in [0.2, 0.25) is 0 Å². The number of carbonyl (C=O) groups excluding carboxylic acids is 1. The highest BCUT2D eigenvalue weighted by atomic mass is 16.1. The lowest BCUT2D eigenvalue weighted by molar-refractivity contribution is 0.0951. The number of nitrogens with one attached hydrogen (secondary N) is 3. The molecule has 0 unspecified atom stereocenters. The zero-order valence-electron chi connectivity index (χ0n) is 11.1. The van der Waals surface area contributed by atoms with Crippen molar-refractivity contribution in [1.82, 2.24) is 5.32 Å². The molecule has 102 valence electrons. The van der Waals surface area contributed by atoms with Gasteiger partial charge >= 0.3 is 0 Å². The van der Waals surface area contributed by atoms with Crippen LogP contribution in [0.5, 0.6) is 0 Å². The van der Waals surface area contributed by atoms with Gasteiger partial charge in [-0.05, 0) is 23.8 Å². The summed E-state index contributed by atoms with van der Waals surface area (Å²) in [4.78, 5) is 12.1. The quantitative estimate of drug-likeness (QED) is 0.800. The third-order valence-corrected chi connectivity index (χ3v) is 3.33. The van der Waals surface area contributed by atoms with Crippen LogP contribution in [0, 0.1) is 0 Å². The smallest absolute Gasteiger partial charge is 0.251 e. The lowest BCUT2D eigenvalue weighted by atomic mass is 10.1. The fourth-order valence-electron chi connectivity index (χ4n) is 2.26. The summed E-state index contributed by atoms with van der Waals surface area (Å²) >= 11 is 0. The first-order valence-corrected chi connectivity index (χ1v) is 6.77. The Morgan fingerprint density at radius 2 is 1.75 bits per heavy atom. The van der Waals surface area contributed by atoms with Crippen LogP contribution in [0.1, 0.15) is 15.9 Å². The van der Waals surface area contributed by atoms with E-state index >= 15 is 0 Å². The van der Waals surface area contributed by atoms with E-state index < -0.39 is 0 Å². The van der Waals surface area contributed by atoms with Crippen LogP contribution in [-0.2, 0) is 6.54 Å². The Hall–Kier alpha value is -2.49. The Morgan fingerprint density at radius 1 is 1.00 bits per heavy atom. The van der Waals surface area contributed by atoms with Crippen molar-refractivity contribution in [3.8, 4) is 0 Å². The maximum absolute atomic E-state index is 12.1. The van der Waals surface area contributed by atoms with Crippen LogP contribution in [0.4, 0.5) is 11.4 Å². The number of anilines is 2. The predicted molar refractivity (Wildman–Crippen MR) is 81.0 cm³/mol. The minimum absolute atomic E-state index is 0.0518. The topological polar surface area (TPSA) is 53.2 Å². The van der Waals surface area contributed by atoms with E-state index in [0.29, 0.717) is 12.1 Å². The molecule has 20 heavy (non-hydrogen) atoms. The second kappa shape index (κ2) is 5.65. The second-order valence-electron chi connectivity index (χ2n) is 4.78. The van der Waals surface area contributed by atoms with E-state index in [0.717, 1.165) is 30.0 Å². The molecule has 0 saturated carbocycles. The van der Waals surface area contributed by atoms with E-state index in [1.807, 2.05) is 48.5 Å². The molecule has 0 aromatic heterocycles. The summed E-state index contributed by atoms with van der Waals surface area (Å²) in [7, 11) is 0. The Balaban J connectivity index is 1.68. The van der Waals surface area contributed by atoms with Gasteiger partial charge < -0.3 is 16.0 Å². The van der Waals surface area contributed by atoms with Gasteiger partial charge in [0, 0.05) is 25.2 Å². The molecular formula is C16H17N3O. The number of rotatable bonds is 3. The first-order valence-electron chi connectivity index (χ1n) is 6.77. The van der Waals surface area contributed by atoms with Crippen molar-refractivity contribution in [3.63, 3.8) is 0 Å². The molecule has 1 aliphatic rings. The molecule has 2 aromatic rings. The van der Waals surface area contributed by atoms with Crippen LogP contribution in [0.2, 0.25) is 0 Å². The molecule has 0 bridgehead atoms. The van der Waals surface area contributed by atoms with E-state index in [4.69, 9.17) is 0 Å². The molecule has 4 heteroatoms. The van der Waals surface area contributed by atoms with Crippen molar-refractivity contribution in [3.05, 3.63) is 59.7 Å². The fourth-order valence-corrected chi connectivity index (χ4v) is 2.26. The SMILES string of the molecule is O=C(NCc1ccccc1)c1ccc2c(c1)NCCN2. The van der Waals surface area contributed by atoms with Gasteiger partial charge in [-0.3, -0.25) is 4.79 Å². The van der Waals surface area contributed by atoms with Gasteiger partial charge in [-0.1, -0.05) is 30.3 Å². The summed E-state index contributed by atoms with van der Waals surface area (Å²) in [5, 5.41) is 9.52. The molecule has 1 aliphatic heterocycles. The predicted octanol–water partition coefficient (Wildman–Crippen LogP) is 2.45. The Labute approximate surface area is 118 Å². The van der Waals surface area contributed by atoms with Crippen molar-refractivity contribution in [2.24, 2.45) is 0 Å². The van der Waals surface area contributed by atoms with Crippen LogP contribution in [0.15, 0.2) is 48.5 Å². The lowest BCUT2D eigenvalue weighted by Gasteiger charge is -2.20. The van der Waals surface area contributed by atoms with E-state index in [-0.39, 0.29) is 5.91 Å². The minimum Gasteiger partial charge on any atom is -0.382 e. The highest BCUT2D eigenvalue weighted by Crippen LogP contribution is 2.25. The van der Waals surface area contributed by atoms with E-state index in [9.17, 15) is 4.79 Å². The third kappa shape index (κ3) is 2.74. The summed E-state index contributed by atoms with van der Waals surface area (Å²) < 4.78 is 0. The van der Waals surface area contributed by atoms with Crippen LogP contribution in [0.3, 0.4) is 0 Å². The number of hydrogen-bond donors (Lipinski definition) is 3. The maximum atomic E-state index is 12.1. The summed E-state index contributed by atoms with van der Waals surface area (Å²) in [6.45, 7) is 2.33. The lowest BCUT2D eigenvalue weighted by Crippen LogP contribution is -2.24. The van der Waals surface area contributed by atoms with E-state index in [1.165, 1.54) is 0 Å². The Kier molecular flexibility index (Phi) is 3.54. The van der Waals surface area contributed by atoms with Crippen LogP contribution >= 0.6 is 0 Å². The van der Waals surface area contributed by atoms with Gasteiger partial charge in [0.15, 0.2) is 0 Å². The van der Waals surface area contributed by atoms with Crippen molar-refractivity contribution < 1.29 is 4.79 Å². The molecule has 3 N–H and O–H groups in total. The molecule has 0 radical (unpaired) electrons. The standard InChI is InChI=1S/C16H17N3O/c20-16(19-11-12-4-2-1-3-5-12)13-6-7-14-15(10-13)18-9-8-17-14/h1-7,10,17-18H,8-9,11H2,(H,19,20). The normalized spacial score (nSPS) is 12.8. The zero-order valence-corrected chi connectivity index (χ0v) is 11.1. The minimum atomic E-state index is -0.0518. The number of hydrogen-bond acceptors (Lipinski definition) is 3. The summed E-state index contributed by atoms with van der Waals surface area (Å²) in [5.74, 6) is -0.0518. The molecule has 4 nitrogen and oxygen atoms in total. The molecule has 2 aromatic carbocycles. The first kappa shape index (κ1) is 12.5. The Morgan fingerprint density at radius 3 is 2.55 bits per heavy atom. The summed E-state index contributed by atoms with van der Waals surface area (Å²) in [5.41, 5.74) is 3.81. The number of amides is 1. The summed E-state index contributed by atoms with van der Waals surface area (Å²) in [6, 6.07) is 15.6. The fraction of sp³-hybridized carbons (Fsp3) is 0.188. The van der Waals surface area contributed by atoms with Gasteiger partial charge in [0.25, 0.3) is 5.91 Å². The highest BCUT2D eigenvalue weighted by molar-refractivity contribution is 5.96. The van der Waals surface area contributed by atoms with Gasteiger partial charge in [-0.15, -0.1) is 0 Å². The van der Waals surface area contributed by atoms with Crippen LogP contribution in [-0.4, -0.2) is 19.0 Å².